The van der Waals surface area contributed by atoms with Crippen LogP contribution in [0.2, 0.25) is 0 Å². The highest BCUT2D eigenvalue weighted by molar-refractivity contribution is 7.92. The van der Waals surface area contributed by atoms with Crippen LogP contribution in [0.3, 0.4) is 0 Å². The number of phenols is 1. The van der Waals surface area contributed by atoms with Crippen molar-refractivity contribution < 1.29 is 91.5 Å². The summed E-state index contributed by atoms with van der Waals surface area (Å²) >= 11 is 1.63. The highest BCUT2D eigenvalue weighted by atomic mass is 32.3. The largest absolute Gasteiger partial charge is 0.508 e. The molecule has 0 aliphatic heterocycles. The van der Waals surface area contributed by atoms with Crippen molar-refractivity contribution in [1.82, 2.24) is 37.5 Å². The number of carbonyl (C=O) groups excluding carboxylic acids is 2. The molecular weight excluding hydrogens is 1300 g/mol. The van der Waals surface area contributed by atoms with Gasteiger partial charge in [-0.25, -0.2) is 22.3 Å². The number of nitrogens with zero attached hydrogens (tertiary/aromatic N) is 6. The van der Waals surface area contributed by atoms with Crippen LogP contribution >= 0.6 is 22.7 Å². The van der Waals surface area contributed by atoms with Crippen LogP contribution in [0, 0.1) is 0 Å². The Morgan fingerprint density at radius 2 is 0.913 bits per heavy atom. The molecule has 0 saturated carbocycles. The number of aromatic nitrogens is 8. The monoisotopic (exact) mass is 1350 g/mol. The number of phenolic OH excluding ortho intramolecular Hbond substituents is 1. The summed E-state index contributed by atoms with van der Waals surface area (Å²) in [7, 11) is -3.15. The molecule has 8 aromatic heterocycles. The fourth-order valence-electron chi connectivity index (χ4n) is 8.59. The lowest BCUT2D eigenvalue weighted by molar-refractivity contribution is -0.144. The number of aromatic amines is 2. The van der Waals surface area contributed by atoms with Gasteiger partial charge in [0.15, 0.2) is 19.8 Å². The molecule has 22 nitrogen and oxygen atoms in total. The molecule has 0 saturated heterocycles. The summed E-state index contributed by atoms with van der Waals surface area (Å²) in [5.74, 6) is -0.488. The number of aryl methyl sites for hydroxylation is 2. The molecule has 0 spiro atoms. The number of hydrogen-bond acceptors (Lipinski definition) is 17. The number of ether oxygens (including phenoxy) is 5. The molecule has 12 aromatic rings. The molecule has 8 heterocycles. The van der Waals surface area contributed by atoms with Crippen molar-refractivity contribution in [1.29, 1.82) is 0 Å². The number of carboxylic acid groups (broad SMARTS) is 1. The second kappa shape index (κ2) is 28.4. The summed E-state index contributed by atoms with van der Waals surface area (Å²) in [5, 5.41) is 28.6. The zero-order valence-corrected chi connectivity index (χ0v) is 50.3. The minimum atomic E-state index is -4.58. The Balaban J connectivity index is 0.000000188. The predicted octanol–water partition coefficient (Wildman–Crippen LogP) is 12.6. The lowest BCUT2D eigenvalue weighted by Crippen LogP contribution is -2.12. The van der Waals surface area contributed by atoms with Gasteiger partial charge in [0.1, 0.15) is 54.2 Å². The number of benzene rings is 4. The summed E-state index contributed by atoms with van der Waals surface area (Å²) in [5.41, 5.74) is 0.968. The Labute approximate surface area is 528 Å². The maximum Gasteiger partial charge on any atom is 0.433 e. The number of fused-ring (bicyclic) bond motifs is 4. The molecular formula is C60H56F6N8O14S4. The third kappa shape index (κ3) is 15.9. The average molecular weight is 1360 g/mol. The van der Waals surface area contributed by atoms with Gasteiger partial charge in [0.25, 0.3) is 20.0 Å². The quantitative estimate of drug-likeness (QED) is 0.0548. The van der Waals surface area contributed by atoms with E-state index >= 15 is 0 Å². The number of halogens is 6. The number of carbonyl (C=O) groups is 3. The molecule has 0 atom stereocenters. The molecule has 32 heteroatoms. The maximum absolute atomic E-state index is 13.2. The molecule has 0 aliphatic rings. The highest BCUT2D eigenvalue weighted by Gasteiger charge is 2.37. The zero-order chi connectivity index (χ0) is 64.9. The molecule has 0 amide bonds. The van der Waals surface area contributed by atoms with Crippen LogP contribution < -0.4 is 14.2 Å². The average Bonchev–Trinajstić information content (AvgIpc) is 1.61. The first-order valence-corrected chi connectivity index (χ1v) is 30.4. The minimum absolute atomic E-state index is 0. The van der Waals surface area contributed by atoms with Crippen molar-refractivity contribution in [3.8, 4) is 44.1 Å². The number of nitrogens with one attached hydrogen (secondary N) is 2. The van der Waals surface area contributed by atoms with Gasteiger partial charge in [-0.15, -0.1) is 22.7 Å². The Morgan fingerprint density at radius 3 is 1.32 bits per heavy atom. The lowest BCUT2D eigenvalue weighted by Gasteiger charge is -2.07. The molecule has 486 valence electrons. The van der Waals surface area contributed by atoms with Crippen LogP contribution in [-0.2, 0) is 70.4 Å². The second-order valence-electron chi connectivity index (χ2n) is 18.9. The molecule has 4 N–H and O–H groups in total. The standard InChI is InChI=1S/C20H16F3N3O5S2.C19H14F3N3O5S2.C11H11NO3.C8H7NO.2CH4/c1-25-17(20(21,22)23)10-14(24-25)16-5-6-19(32-16)33(28,29)26-8-7-12-9-13(3-4-15(12)26)31-11-18(27)30-2;1-24-16(19(20,21)22)9-13(23-24)15-4-5-18(31-15)32(28,29)25-7-6-11-8-12(2-3-14(11)25)30-10-17(26)27;1-14-11(13)7-15-9-2-3-10-8(6-9)4-5-12-10;10-7-1-2-8-6(5-7)3-4-9-8;;/h3-10H,11H2,1-2H3;2-9H,10H2,1H3,(H,26,27);2-6,12H,7H2,1H3;1-5,9-10H;2*1H4. The molecule has 0 aliphatic carbocycles. The first-order valence-electron chi connectivity index (χ1n) is 25.9. The van der Waals surface area contributed by atoms with Gasteiger partial charge >= 0.3 is 30.3 Å². The second-order valence-corrected chi connectivity index (χ2v) is 25.1. The van der Waals surface area contributed by atoms with Crippen molar-refractivity contribution in [3.63, 3.8) is 0 Å². The minimum Gasteiger partial charge on any atom is -0.508 e. The van der Waals surface area contributed by atoms with E-state index in [0.717, 1.165) is 71.6 Å². The van der Waals surface area contributed by atoms with Crippen molar-refractivity contribution in [3.05, 3.63) is 170 Å². The van der Waals surface area contributed by atoms with Crippen LogP contribution in [0.15, 0.2) is 167 Å². The number of H-pyrrole nitrogens is 2. The summed E-state index contributed by atoms with van der Waals surface area (Å²) in [4.78, 5) is 39.4. The molecule has 0 radical (unpaired) electrons. The van der Waals surface area contributed by atoms with Crippen LogP contribution in [0.25, 0.3) is 64.8 Å². The van der Waals surface area contributed by atoms with E-state index in [1.807, 2.05) is 48.8 Å². The Morgan fingerprint density at radius 1 is 0.522 bits per heavy atom. The molecule has 0 unspecified atom stereocenters. The van der Waals surface area contributed by atoms with Crippen molar-refractivity contribution >= 4 is 104 Å². The zero-order valence-electron chi connectivity index (χ0n) is 47.0. The number of aliphatic carboxylic acids is 1. The fraction of sp³-hybridized carbons (Fsp3) is 0.183. The van der Waals surface area contributed by atoms with E-state index in [2.05, 4.69) is 29.6 Å². The normalized spacial score (nSPS) is 11.5. The van der Waals surface area contributed by atoms with E-state index in [0.29, 0.717) is 48.4 Å². The summed E-state index contributed by atoms with van der Waals surface area (Å²) in [6, 6.07) is 34.1. The third-order valence-electron chi connectivity index (χ3n) is 12.9. The van der Waals surface area contributed by atoms with E-state index in [1.54, 1.807) is 24.3 Å². The topological polar surface area (TPSA) is 283 Å². The Hall–Kier alpha value is -10.1. The van der Waals surface area contributed by atoms with Crippen molar-refractivity contribution in [2.45, 2.75) is 35.6 Å². The number of carboxylic acids is 1. The number of aromatic hydroxyl groups is 1. The van der Waals surface area contributed by atoms with Crippen molar-refractivity contribution in [2.75, 3.05) is 34.0 Å². The first-order chi connectivity index (χ1) is 42.6. The highest BCUT2D eigenvalue weighted by Crippen LogP contribution is 2.39. The van der Waals surface area contributed by atoms with Crippen LogP contribution in [0.1, 0.15) is 26.2 Å². The Bertz CT molecular complexity index is 4820. The number of thiophene rings is 2. The Kier molecular flexibility index (Phi) is 21.4. The smallest absolute Gasteiger partial charge is 0.433 e. The maximum atomic E-state index is 13.2. The van der Waals surface area contributed by atoms with Gasteiger partial charge in [-0.1, -0.05) is 14.9 Å². The van der Waals surface area contributed by atoms with Crippen LogP contribution in [-0.4, -0.2) is 116 Å². The van der Waals surface area contributed by atoms with Gasteiger partial charge < -0.3 is 43.9 Å². The van der Waals surface area contributed by atoms with E-state index in [4.69, 9.17) is 24.4 Å². The van der Waals surface area contributed by atoms with Crippen LogP contribution in [0.5, 0.6) is 23.0 Å². The molecule has 4 aromatic carbocycles. The van der Waals surface area contributed by atoms with Gasteiger partial charge in [-0.2, -0.15) is 53.4 Å². The summed E-state index contributed by atoms with van der Waals surface area (Å²) < 4.78 is 159. The van der Waals surface area contributed by atoms with E-state index in [-0.39, 0.29) is 69.3 Å². The van der Waals surface area contributed by atoms with Gasteiger partial charge in [-0.3, -0.25) is 9.36 Å². The van der Waals surface area contributed by atoms with E-state index in [9.17, 15) is 57.6 Å². The number of esters is 2. The summed E-state index contributed by atoms with van der Waals surface area (Å²) in [6.07, 6.45) is -2.74. The third-order valence-corrected chi connectivity index (χ3v) is 19.4. The summed E-state index contributed by atoms with van der Waals surface area (Å²) in [6.45, 7) is -0.888. The van der Waals surface area contributed by atoms with E-state index in [1.165, 1.54) is 94.3 Å². The van der Waals surface area contributed by atoms with Gasteiger partial charge in [0.2, 0.25) is 0 Å². The lowest BCUT2D eigenvalue weighted by atomic mass is 10.2. The van der Waals surface area contributed by atoms with Crippen molar-refractivity contribution in [2.24, 2.45) is 14.1 Å². The van der Waals surface area contributed by atoms with Gasteiger partial charge in [-0.05, 0) is 133 Å². The number of alkyl halides is 6. The number of rotatable bonds is 15. The number of methoxy groups -OCH3 is 2. The number of hydrogen-bond donors (Lipinski definition) is 4. The molecule has 0 fully saturated rings. The fourth-order valence-corrected chi connectivity index (χ4v) is 14.0. The predicted molar refractivity (Wildman–Crippen MR) is 332 cm³/mol. The first kappa shape index (κ1) is 69.4. The molecule has 12 rings (SSSR count). The SMILES string of the molecule is C.C.COC(=O)COc1ccc2[nH]ccc2c1.COC(=O)COc1ccc2c(ccn2S(=O)(=O)c2ccc(-c3cc(C(F)(F)F)n(C)n3)s2)c1.Cn1nc(-c2ccc(S(=O)(=O)n3ccc4cc(OCC(=O)O)ccc43)s2)cc1C(F)(F)F.Oc1ccc2[nH]ccc2c1. The van der Waals surface area contributed by atoms with E-state index < -0.39 is 62.3 Å². The molecule has 92 heavy (non-hydrogen) atoms. The van der Waals surface area contributed by atoms with Crippen LogP contribution in [0.4, 0.5) is 26.3 Å². The van der Waals surface area contributed by atoms with Gasteiger partial charge in [0.05, 0.1) is 35.0 Å². The molecule has 0 bridgehead atoms. The van der Waals surface area contributed by atoms with Gasteiger partial charge in [0, 0.05) is 71.5 Å².